The van der Waals surface area contributed by atoms with E-state index in [1.54, 1.807) is 0 Å². The molecule has 7 N–H and O–H groups in total. The average Bonchev–Trinajstić information content (AvgIpc) is 3.41. The van der Waals surface area contributed by atoms with Crippen molar-refractivity contribution in [2.45, 2.75) is 300 Å². The Hall–Kier alpha value is -2.05. The van der Waals surface area contributed by atoms with Crippen LogP contribution in [-0.4, -0.2) is 142 Å². The van der Waals surface area contributed by atoms with Crippen LogP contribution in [-0.2, 0) is 33.2 Å². The van der Waals surface area contributed by atoms with Crippen molar-refractivity contribution in [2.24, 2.45) is 0 Å². The maximum Gasteiger partial charge on any atom is 0.306 e. The molecule has 0 amide bonds. The van der Waals surface area contributed by atoms with Gasteiger partial charge in [-0.3, -0.25) is 4.79 Å². The number of hydrogen-bond acceptors (Lipinski definition) is 14. The Morgan fingerprint density at radius 3 is 1.36 bits per heavy atom. The Balaban J connectivity index is 1.68. The van der Waals surface area contributed by atoms with E-state index in [1.165, 1.54) is 135 Å². The maximum absolute atomic E-state index is 13.1. The average molecular weight is 1070 g/mol. The predicted molar refractivity (Wildman–Crippen MR) is 298 cm³/mol. The van der Waals surface area contributed by atoms with Crippen LogP contribution in [0.4, 0.5) is 0 Å². The van der Waals surface area contributed by atoms with Crippen molar-refractivity contribution < 1.29 is 69.0 Å². The molecule has 0 radical (unpaired) electrons. The molecule has 11 atom stereocenters. The van der Waals surface area contributed by atoms with Gasteiger partial charge in [0.05, 0.1) is 26.4 Å². The molecule has 2 fully saturated rings. The molecule has 75 heavy (non-hydrogen) atoms. The van der Waals surface area contributed by atoms with Crippen LogP contribution >= 0.6 is 0 Å². The molecule has 14 nitrogen and oxygen atoms in total. The maximum atomic E-state index is 13.1. The van der Waals surface area contributed by atoms with Crippen LogP contribution in [0.1, 0.15) is 232 Å². The first-order valence-corrected chi connectivity index (χ1v) is 30.2. The van der Waals surface area contributed by atoms with E-state index in [4.69, 9.17) is 28.4 Å². The van der Waals surface area contributed by atoms with Crippen LogP contribution < -0.4 is 0 Å². The summed E-state index contributed by atoms with van der Waals surface area (Å²) in [5, 5.41) is 72.4. The number of aliphatic hydroxyl groups is 7. The quantitative estimate of drug-likeness (QED) is 0.0172. The van der Waals surface area contributed by atoms with E-state index in [1.807, 2.05) is 0 Å². The molecule has 11 unspecified atom stereocenters. The lowest BCUT2D eigenvalue weighted by Crippen LogP contribution is -2.61. The first-order chi connectivity index (χ1) is 36.6. The number of esters is 1. The van der Waals surface area contributed by atoms with E-state index in [0.717, 1.165) is 70.6 Å². The van der Waals surface area contributed by atoms with Crippen LogP contribution in [0, 0.1) is 0 Å². The van der Waals surface area contributed by atoms with Gasteiger partial charge in [0, 0.05) is 13.0 Å². The summed E-state index contributed by atoms with van der Waals surface area (Å²) >= 11 is 0. The van der Waals surface area contributed by atoms with Crippen LogP contribution in [0.25, 0.3) is 0 Å². The summed E-state index contributed by atoms with van der Waals surface area (Å²) in [6.07, 6.45) is 41.7. The number of aliphatic hydroxyl groups excluding tert-OH is 7. The van der Waals surface area contributed by atoms with Crippen molar-refractivity contribution >= 4 is 5.97 Å². The third kappa shape index (κ3) is 34.5. The van der Waals surface area contributed by atoms with Crippen LogP contribution in [0.5, 0.6) is 0 Å². The fraction of sp³-hybridized carbons (Fsp3) is 0.852. The van der Waals surface area contributed by atoms with Gasteiger partial charge in [0.2, 0.25) is 0 Å². The van der Waals surface area contributed by atoms with Crippen molar-refractivity contribution in [3.63, 3.8) is 0 Å². The fourth-order valence-corrected chi connectivity index (χ4v) is 9.51. The smallest absolute Gasteiger partial charge is 0.306 e. The van der Waals surface area contributed by atoms with Gasteiger partial charge in [-0.1, -0.05) is 223 Å². The fourth-order valence-electron chi connectivity index (χ4n) is 9.51. The van der Waals surface area contributed by atoms with Gasteiger partial charge < -0.3 is 64.2 Å². The van der Waals surface area contributed by atoms with E-state index in [0.29, 0.717) is 13.0 Å². The van der Waals surface area contributed by atoms with Gasteiger partial charge in [-0.2, -0.15) is 0 Å². The lowest BCUT2D eigenvalue weighted by molar-refractivity contribution is -0.332. The Bertz CT molecular complexity index is 1420. The summed E-state index contributed by atoms with van der Waals surface area (Å²) in [5.74, 6) is -0.376. The highest BCUT2D eigenvalue weighted by molar-refractivity contribution is 5.69. The van der Waals surface area contributed by atoms with Gasteiger partial charge in [-0.15, -0.1) is 0 Å². The van der Waals surface area contributed by atoms with Crippen LogP contribution in [0.2, 0.25) is 0 Å². The number of carbonyl (C=O) groups is 1. The SMILES string of the molecule is CC/C=C\C/C=C\C/C=C\C/C=C\CCCCCCCCCCCCCCC(=O)OC(COCCCCCCCCCCCCCCCCCC)COC1OC(COC2OC(CO)C(O)C(O)C2O)C(O)C(O)C1O. The van der Waals surface area contributed by atoms with Crippen LogP contribution in [0.15, 0.2) is 48.6 Å². The number of ether oxygens (including phenoxy) is 6. The second-order valence-corrected chi connectivity index (χ2v) is 21.2. The van der Waals surface area contributed by atoms with E-state index in [2.05, 4.69) is 62.5 Å². The molecule has 2 rings (SSSR count). The summed E-state index contributed by atoms with van der Waals surface area (Å²) in [7, 11) is 0. The molecule has 2 heterocycles. The van der Waals surface area contributed by atoms with Crippen LogP contribution in [0.3, 0.4) is 0 Å². The highest BCUT2D eigenvalue weighted by atomic mass is 16.7. The minimum atomic E-state index is -1.71. The molecule has 14 heteroatoms. The first-order valence-electron chi connectivity index (χ1n) is 30.2. The Labute approximate surface area is 454 Å². The van der Waals surface area contributed by atoms with Gasteiger partial charge in [-0.05, 0) is 51.4 Å². The normalized spacial score (nSPS) is 24.9. The number of carbonyl (C=O) groups excluding carboxylic acids is 1. The van der Waals surface area contributed by atoms with Crippen molar-refractivity contribution in [3.05, 3.63) is 48.6 Å². The summed E-state index contributed by atoms with van der Waals surface area (Å²) in [5.41, 5.74) is 0. The lowest BCUT2D eigenvalue weighted by atomic mass is 9.98. The molecule has 0 aromatic carbocycles. The van der Waals surface area contributed by atoms with Crippen molar-refractivity contribution in [3.8, 4) is 0 Å². The van der Waals surface area contributed by atoms with E-state index < -0.39 is 80.7 Å². The van der Waals surface area contributed by atoms with Gasteiger partial charge in [0.15, 0.2) is 12.6 Å². The first kappa shape index (κ1) is 69.1. The summed E-state index contributed by atoms with van der Waals surface area (Å²) in [6, 6.07) is 0. The molecule has 0 saturated carbocycles. The van der Waals surface area contributed by atoms with E-state index in [9.17, 15) is 40.5 Å². The molecule has 0 aliphatic carbocycles. The summed E-state index contributed by atoms with van der Waals surface area (Å²) in [6.45, 7) is 3.62. The molecular weight excluding hydrogens is 957 g/mol. The zero-order chi connectivity index (χ0) is 54.4. The molecule has 0 spiro atoms. The molecule has 0 bridgehead atoms. The second kappa shape index (κ2) is 47.9. The van der Waals surface area contributed by atoms with Crippen molar-refractivity contribution in [2.75, 3.05) is 33.0 Å². The van der Waals surface area contributed by atoms with E-state index in [-0.39, 0.29) is 25.6 Å². The largest absolute Gasteiger partial charge is 0.457 e. The molecule has 0 aromatic rings. The highest BCUT2D eigenvalue weighted by Crippen LogP contribution is 2.27. The highest BCUT2D eigenvalue weighted by Gasteiger charge is 2.47. The lowest BCUT2D eigenvalue weighted by Gasteiger charge is -2.42. The van der Waals surface area contributed by atoms with E-state index >= 15 is 0 Å². The van der Waals surface area contributed by atoms with Gasteiger partial charge in [0.1, 0.15) is 54.9 Å². The minimum Gasteiger partial charge on any atom is -0.457 e. The number of rotatable bonds is 49. The topological polar surface area (TPSA) is 214 Å². The van der Waals surface area contributed by atoms with Crippen molar-refractivity contribution in [1.29, 1.82) is 0 Å². The molecule has 2 saturated heterocycles. The van der Waals surface area contributed by atoms with Gasteiger partial charge in [0.25, 0.3) is 0 Å². The van der Waals surface area contributed by atoms with Gasteiger partial charge in [-0.25, -0.2) is 0 Å². The molecular formula is C61H110O14. The molecule has 0 aromatic heterocycles. The minimum absolute atomic E-state index is 0.0636. The predicted octanol–water partition coefficient (Wildman–Crippen LogP) is 11.1. The number of unbranched alkanes of at least 4 members (excludes halogenated alkanes) is 27. The molecule has 2 aliphatic heterocycles. The summed E-state index contributed by atoms with van der Waals surface area (Å²) < 4.78 is 34.4. The Kier molecular flexibility index (Phi) is 44.1. The standard InChI is InChI=1S/C61H110O14/c1-3-5-7-9-11-13-15-17-19-21-22-23-24-25-26-27-28-29-30-32-34-36-38-40-42-44-53(63)73-50(47-70-45-43-41-39-37-35-33-31-20-18-16-14-12-10-8-6-4-2)48-71-60-59(69)57(67)55(65)52(75-60)49-72-61-58(68)56(66)54(64)51(46-62)74-61/h5,7,11,13,17,19,22-23,50-52,54-62,64-69H,3-4,6,8-10,12,14-16,18,20-21,24-49H2,1-2H3/b7-5-,13-11-,19-17-,23-22-. The number of hydrogen-bond donors (Lipinski definition) is 7. The Morgan fingerprint density at radius 2 is 0.867 bits per heavy atom. The Morgan fingerprint density at radius 1 is 0.453 bits per heavy atom. The third-order valence-corrected chi connectivity index (χ3v) is 14.4. The monoisotopic (exact) mass is 1070 g/mol. The zero-order valence-corrected chi connectivity index (χ0v) is 47.0. The molecule has 438 valence electrons. The van der Waals surface area contributed by atoms with Crippen molar-refractivity contribution in [1.82, 2.24) is 0 Å². The summed E-state index contributed by atoms with van der Waals surface area (Å²) in [4.78, 5) is 13.1. The zero-order valence-electron chi connectivity index (χ0n) is 47.0. The van der Waals surface area contributed by atoms with Gasteiger partial charge >= 0.3 is 5.97 Å². The number of allylic oxidation sites excluding steroid dienone is 8. The third-order valence-electron chi connectivity index (χ3n) is 14.4. The second-order valence-electron chi connectivity index (χ2n) is 21.2. The molecule has 2 aliphatic rings.